The summed E-state index contributed by atoms with van der Waals surface area (Å²) in [5.74, 6) is -0.0877. The zero-order valence-corrected chi connectivity index (χ0v) is 45.8. The molecule has 0 rings (SSSR count). The van der Waals surface area contributed by atoms with Crippen LogP contribution in [-0.4, -0.2) is 47.4 Å². The lowest BCUT2D eigenvalue weighted by Gasteiger charge is -2.20. The molecule has 0 heterocycles. The first-order chi connectivity index (χ1) is 34.0. The Kier molecular flexibility index (Phi) is 56.1. The number of hydrogen-bond acceptors (Lipinski definition) is 5. The first-order valence-corrected chi connectivity index (χ1v) is 30.1. The summed E-state index contributed by atoms with van der Waals surface area (Å²) in [6.45, 7) is 4.85. The largest absolute Gasteiger partial charge is 0.466 e. The van der Waals surface area contributed by atoms with Gasteiger partial charge in [0, 0.05) is 12.8 Å². The number of carbonyl (C=O) groups excluding carboxylic acids is 2. The average molecular weight is 967 g/mol. The van der Waals surface area contributed by atoms with Crippen LogP contribution < -0.4 is 5.32 Å². The summed E-state index contributed by atoms with van der Waals surface area (Å²) in [4.78, 5) is 24.5. The van der Waals surface area contributed by atoms with Crippen molar-refractivity contribution in [3.63, 3.8) is 0 Å². The molecule has 0 spiro atoms. The molecular weight excluding hydrogens is 851 g/mol. The lowest BCUT2D eigenvalue weighted by atomic mass is 10.0. The molecule has 0 aromatic carbocycles. The predicted octanol–water partition coefficient (Wildman–Crippen LogP) is 18.7. The highest BCUT2D eigenvalue weighted by Gasteiger charge is 2.18. The first-order valence-electron chi connectivity index (χ1n) is 30.1. The van der Waals surface area contributed by atoms with Crippen LogP contribution in [0.25, 0.3) is 0 Å². The topological polar surface area (TPSA) is 95.9 Å². The fourth-order valence-electron chi connectivity index (χ4n) is 8.86. The lowest BCUT2D eigenvalue weighted by Crippen LogP contribution is -2.45. The SMILES string of the molecule is CCCC/C=C\C/C=C\CCCCCCCC(=O)OCCCCCCCCCCC/C=C\C/C=C\CCCCCCCCCC(=O)NC(CO)C(O)/C=C/CCCCCCCCCCCCCCC. The number of allylic oxidation sites excluding steroid dienone is 9. The van der Waals surface area contributed by atoms with E-state index in [2.05, 4.69) is 67.8 Å². The number of aliphatic hydroxyl groups is 2. The van der Waals surface area contributed by atoms with Crippen LogP contribution in [0.3, 0.4) is 0 Å². The van der Waals surface area contributed by atoms with Crippen LogP contribution in [-0.2, 0) is 14.3 Å². The Bertz CT molecular complexity index is 1210. The van der Waals surface area contributed by atoms with Crippen molar-refractivity contribution >= 4 is 11.9 Å². The standard InChI is InChI=1S/C63H115NO5/c1-3-5-7-9-11-13-15-17-28-31-35-39-43-47-51-55-61(66)60(59-65)64-62(67)56-52-48-44-40-36-32-29-26-24-22-20-19-21-23-25-27-30-34-38-42-46-50-54-58-69-63(68)57-53-49-45-41-37-33-18-16-14-12-10-8-6-4-2/h10,12,16,18-19,21-22,24,51,55,60-61,65-66H,3-9,11,13-15,17,20,23,25-50,52-54,56-59H2,1-2H3,(H,64,67)/b12-10-,18-16-,21-19-,24-22-,55-51+. The van der Waals surface area contributed by atoms with E-state index in [1.165, 1.54) is 205 Å². The second-order valence-corrected chi connectivity index (χ2v) is 20.3. The number of carbonyl (C=O) groups is 2. The van der Waals surface area contributed by atoms with Gasteiger partial charge in [0.15, 0.2) is 0 Å². The Morgan fingerprint density at radius 3 is 1.14 bits per heavy atom. The van der Waals surface area contributed by atoms with E-state index in [-0.39, 0.29) is 18.5 Å². The lowest BCUT2D eigenvalue weighted by molar-refractivity contribution is -0.143. The van der Waals surface area contributed by atoms with Crippen LogP contribution in [0.4, 0.5) is 0 Å². The van der Waals surface area contributed by atoms with Gasteiger partial charge >= 0.3 is 5.97 Å². The molecule has 0 radical (unpaired) electrons. The summed E-state index contributed by atoms with van der Waals surface area (Å²) in [6, 6.07) is -0.637. The van der Waals surface area contributed by atoms with Crippen LogP contribution in [0.15, 0.2) is 60.8 Å². The third-order valence-electron chi connectivity index (χ3n) is 13.5. The molecule has 2 atom stereocenters. The Morgan fingerprint density at radius 1 is 0.406 bits per heavy atom. The van der Waals surface area contributed by atoms with Gasteiger partial charge in [0.2, 0.25) is 5.91 Å². The third-order valence-corrected chi connectivity index (χ3v) is 13.5. The van der Waals surface area contributed by atoms with E-state index in [0.29, 0.717) is 19.4 Å². The molecule has 6 heteroatoms. The Balaban J connectivity index is 3.49. The molecule has 3 N–H and O–H groups in total. The third kappa shape index (κ3) is 54.7. The Morgan fingerprint density at radius 2 is 0.739 bits per heavy atom. The maximum absolute atomic E-state index is 12.5. The summed E-state index contributed by atoms with van der Waals surface area (Å²) < 4.78 is 5.46. The summed E-state index contributed by atoms with van der Waals surface area (Å²) in [5, 5.41) is 23.1. The highest BCUT2D eigenvalue weighted by atomic mass is 16.5. The molecule has 0 aliphatic carbocycles. The van der Waals surface area contributed by atoms with E-state index in [4.69, 9.17) is 4.74 Å². The number of hydrogen-bond donors (Lipinski definition) is 3. The van der Waals surface area contributed by atoms with Crippen molar-refractivity contribution in [2.45, 2.75) is 315 Å². The number of unbranched alkanes of at least 4 members (excludes halogenated alkanes) is 36. The minimum absolute atomic E-state index is 0.00887. The normalized spacial score (nSPS) is 13.0. The number of rotatable bonds is 55. The number of nitrogens with one attached hydrogen (secondary N) is 1. The Labute approximate surface area is 428 Å². The van der Waals surface area contributed by atoms with Gasteiger partial charge in [0.25, 0.3) is 0 Å². The first kappa shape index (κ1) is 66.6. The highest BCUT2D eigenvalue weighted by molar-refractivity contribution is 5.76. The summed E-state index contributed by atoms with van der Waals surface area (Å²) in [7, 11) is 0. The fraction of sp³-hybridized carbons (Fsp3) is 0.810. The molecule has 0 aliphatic rings. The quantitative estimate of drug-likeness (QED) is 0.0321. The van der Waals surface area contributed by atoms with E-state index >= 15 is 0 Å². The molecule has 0 aliphatic heterocycles. The number of esters is 1. The second-order valence-electron chi connectivity index (χ2n) is 20.3. The van der Waals surface area contributed by atoms with Crippen molar-refractivity contribution < 1.29 is 24.5 Å². The maximum Gasteiger partial charge on any atom is 0.305 e. The van der Waals surface area contributed by atoms with Crippen molar-refractivity contribution in [2.75, 3.05) is 13.2 Å². The minimum Gasteiger partial charge on any atom is -0.466 e. The monoisotopic (exact) mass is 966 g/mol. The molecule has 0 fully saturated rings. The number of aliphatic hydroxyl groups excluding tert-OH is 2. The number of amides is 1. The molecule has 0 saturated carbocycles. The molecule has 2 unspecified atom stereocenters. The molecule has 402 valence electrons. The highest BCUT2D eigenvalue weighted by Crippen LogP contribution is 2.16. The summed E-state index contributed by atoms with van der Waals surface area (Å²) in [6.07, 6.45) is 75.3. The van der Waals surface area contributed by atoms with Crippen LogP contribution in [0.5, 0.6) is 0 Å². The van der Waals surface area contributed by atoms with Crippen molar-refractivity contribution in [3.05, 3.63) is 60.8 Å². The molecule has 6 nitrogen and oxygen atoms in total. The van der Waals surface area contributed by atoms with E-state index in [9.17, 15) is 19.8 Å². The molecule has 0 aromatic rings. The minimum atomic E-state index is -0.852. The van der Waals surface area contributed by atoms with E-state index < -0.39 is 12.1 Å². The van der Waals surface area contributed by atoms with Gasteiger partial charge in [-0.1, -0.05) is 261 Å². The van der Waals surface area contributed by atoms with Gasteiger partial charge in [-0.05, 0) is 89.9 Å². The molecule has 69 heavy (non-hydrogen) atoms. The van der Waals surface area contributed by atoms with Gasteiger partial charge in [-0.15, -0.1) is 0 Å². The van der Waals surface area contributed by atoms with Crippen LogP contribution in [0.1, 0.15) is 303 Å². The second kappa shape index (κ2) is 58.1. The fourth-order valence-corrected chi connectivity index (χ4v) is 8.86. The van der Waals surface area contributed by atoms with Gasteiger partial charge in [-0.25, -0.2) is 0 Å². The van der Waals surface area contributed by atoms with Crippen molar-refractivity contribution in [1.82, 2.24) is 5.32 Å². The molecule has 0 bridgehead atoms. The van der Waals surface area contributed by atoms with Crippen molar-refractivity contribution in [1.29, 1.82) is 0 Å². The molecular formula is C63H115NO5. The van der Waals surface area contributed by atoms with E-state index in [1.807, 2.05) is 6.08 Å². The maximum atomic E-state index is 12.5. The van der Waals surface area contributed by atoms with Crippen LogP contribution >= 0.6 is 0 Å². The summed E-state index contributed by atoms with van der Waals surface area (Å²) in [5.41, 5.74) is 0. The predicted molar refractivity (Wildman–Crippen MR) is 301 cm³/mol. The smallest absolute Gasteiger partial charge is 0.305 e. The van der Waals surface area contributed by atoms with Gasteiger partial charge < -0.3 is 20.3 Å². The van der Waals surface area contributed by atoms with Gasteiger partial charge in [-0.3, -0.25) is 9.59 Å². The average Bonchev–Trinajstić information content (AvgIpc) is 3.35. The van der Waals surface area contributed by atoms with E-state index in [1.54, 1.807) is 6.08 Å². The molecule has 0 aromatic heterocycles. The van der Waals surface area contributed by atoms with Gasteiger partial charge in [0.1, 0.15) is 0 Å². The van der Waals surface area contributed by atoms with E-state index in [0.717, 1.165) is 70.6 Å². The van der Waals surface area contributed by atoms with Gasteiger partial charge in [-0.2, -0.15) is 0 Å². The van der Waals surface area contributed by atoms with Crippen LogP contribution in [0.2, 0.25) is 0 Å². The zero-order chi connectivity index (χ0) is 50.0. The van der Waals surface area contributed by atoms with Crippen LogP contribution in [0, 0.1) is 0 Å². The summed E-state index contributed by atoms with van der Waals surface area (Å²) >= 11 is 0. The zero-order valence-electron chi connectivity index (χ0n) is 45.8. The molecule has 0 saturated heterocycles. The van der Waals surface area contributed by atoms with Gasteiger partial charge in [0.05, 0.1) is 25.4 Å². The molecule has 1 amide bonds. The number of ether oxygens (including phenoxy) is 1. The van der Waals surface area contributed by atoms with Crippen molar-refractivity contribution in [2.24, 2.45) is 0 Å². The van der Waals surface area contributed by atoms with Crippen molar-refractivity contribution in [3.8, 4) is 0 Å². The Hall–Kier alpha value is -2.44.